The van der Waals surface area contributed by atoms with Crippen molar-refractivity contribution in [1.29, 1.82) is 0 Å². The van der Waals surface area contributed by atoms with Gasteiger partial charge in [0.2, 0.25) is 0 Å². The first-order chi connectivity index (χ1) is 7.20. The SMILES string of the molecule is CCCC(O)(CCC)Cc1ccccc1. The molecule has 1 heteroatoms. The molecule has 0 bridgehead atoms. The second kappa shape index (κ2) is 5.92. The van der Waals surface area contributed by atoms with Gasteiger partial charge in [-0.25, -0.2) is 0 Å². The molecule has 1 N–H and O–H groups in total. The fourth-order valence-electron chi connectivity index (χ4n) is 2.21. The average Bonchev–Trinajstić information content (AvgIpc) is 2.19. The molecule has 1 aromatic rings. The molecule has 0 spiro atoms. The molecule has 0 saturated heterocycles. The van der Waals surface area contributed by atoms with Crippen LogP contribution in [0.2, 0.25) is 0 Å². The van der Waals surface area contributed by atoms with Gasteiger partial charge in [0.1, 0.15) is 0 Å². The molecule has 0 aliphatic rings. The molecule has 0 saturated carbocycles. The molecule has 0 heterocycles. The van der Waals surface area contributed by atoms with Gasteiger partial charge < -0.3 is 5.11 Å². The van der Waals surface area contributed by atoms with E-state index in [0.29, 0.717) is 0 Å². The Bertz CT molecular complexity index is 260. The van der Waals surface area contributed by atoms with E-state index in [0.717, 1.165) is 32.1 Å². The van der Waals surface area contributed by atoms with Crippen molar-refractivity contribution in [1.82, 2.24) is 0 Å². The molecule has 0 unspecified atom stereocenters. The molecule has 1 aromatic carbocycles. The molecule has 0 radical (unpaired) electrons. The zero-order valence-electron chi connectivity index (χ0n) is 9.87. The molecule has 1 nitrogen and oxygen atoms in total. The van der Waals surface area contributed by atoms with Crippen molar-refractivity contribution in [2.75, 3.05) is 0 Å². The molecule has 84 valence electrons. The summed E-state index contributed by atoms with van der Waals surface area (Å²) in [6.07, 6.45) is 4.67. The lowest BCUT2D eigenvalue weighted by atomic mass is 9.86. The van der Waals surface area contributed by atoms with E-state index in [2.05, 4.69) is 26.0 Å². The van der Waals surface area contributed by atoms with Gasteiger partial charge in [0, 0.05) is 6.42 Å². The predicted molar refractivity (Wildman–Crippen MR) is 64.9 cm³/mol. The summed E-state index contributed by atoms with van der Waals surface area (Å²) in [5.74, 6) is 0. The van der Waals surface area contributed by atoms with Crippen molar-refractivity contribution < 1.29 is 5.11 Å². The Balaban J connectivity index is 2.66. The lowest BCUT2D eigenvalue weighted by Gasteiger charge is -2.27. The highest BCUT2D eigenvalue weighted by Crippen LogP contribution is 2.24. The Morgan fingerprint density at radius 2 is 1.53 bits per heavy atom. The summed E-state index contributed by atoms with van der Waals surface area (Å²) in [5, 5.41) is 10.5. The second-order valence-electron chi connectivity index (χ2n) is 4.39. The maximum absolute atomic E-state index is 10.5. The average molecular weight is 206 g/mol. The monoisotopic (exact) mass is 206 g/mol. The van der Waals surface area contributed by atoms with Crippen LogP contribution in [0.3, 0.4) is 0 Å². The standard InChI is InChI=1S/C14H22O/c1-3-10-14(15,11-4-2)12-13-8-6-5-7-9-13/h5-9,15H,3-4,10-12H2,1-2H3. The lowest BCUT2D eigenvalue weighted by Crippen LogP contribution is -2.31. The zero-order valence-corrected chi connectivity index (χ0v) is 9.87. The quantitative estimate of drug-likeness (QED) is 0.754. The van der Waals surface area contributed by atoms with Crippen LogP contribution in [0, 0.1) is 0 Å². The summed E-state index contributed by atoms with van der Waals surface area (Å²) in [6.45, 7) is 4.26. The number of hydrogen-bond acceptors (Lipinski definition) is 1. The minimum atomic E-state index is -0.495. The Labute approximate surface area is 93.1 Å². The van der Waals surface area contributed by atoms with Crippen molar-refractivity contribution in [2.24, 2.45) is 0 Å². The maximum atomic E-state index is 10.5. The first kappa shape index (κ1) is 12.3. The van der Waals surface area contributed by atoms with Crippen molar-refractivity contribution in [3.63, 3.8) is 0 Å². The van der Waals surface area contributed by atoms with E-state index >= 15 is 0 Å². The van der Waals surface area contributed by atoms with Gasteiger partial charge in [0.15, 0.2) is 0 Å². The highest BCUT2D eigenvalue weighted by molar-refractivity contribution is 5.17. The van der Waals surface area contributed by atoms with Crippen LogP contribution >= 0.6 is 0 Å². The third-order valence-electron chi connectivity index (χ3n) is 2.81. The lowest BCUT2D eigenvalue weighted by molar-refractivity contribution is 0.0216. The van der Waals surface area contributed by atoms with E-state index in [-0.39, 0.29) is 0 Å². The Morgan fingerprint density at radius 1 is 1.00 bits per heavy atom. The summed E-state index contributed by atoms with van der Waals surface area (Å²) in [7, 11) is 0. The summed E-state index contributed by atoms with van der Waals surface area (Å²) in [4.78, 5) is 0. The third kappa shape index (κ3) is 4.05. The second-order valence-corrected chi connectivity index (χ2v) is 4.39. The van der Waals surface area contributed by atoms with Crippen LogP contribution in [0.5, 0.6) is 0 Å². The van der Waals surface area contributed by atoms with Gasteiger partial charge in [-0.05, 0) is 18.4 Å². The molecular weight excluding hydrogens is 184 g/mol. The summed E-state index contributed by atoms with van der Waals surface area (Å²) < 4.78 is 0. The van der Waals surface area contributed by atoms with Crippen LogP contribution in [0.1, 0.15) is 45.1 Å². The van der Waals surface area contributed by atoms with E-state index in [4.69, 9.17) is 0 Å². The van der Waals surface area contributed by atoms with E-state index in [9.17, 15) is 5.11 Å². The molecule has 0 atom stereocenters. The van der Waals surface area contributed by atoms with Crippen molar-refractivity contribution in [3.05, 3.63) is 35.9 Å². The Kier molecular flexibility index (Phi) is 4.83. The van der Waals surface area contributed by atoms with Gasteiger partial charge in [0.05, 0.1) is 5.60 Å². The highest BCUT2D eigenvalue weighted by Gasteiger charge is 2.24. The van der Waals surface area contributed by atoms with Crippen molar-refractivity contribution >= 4 is 0 Å². The minimum absolute atomic E-state index is 0.495. The summed E-state index contributed by atoms with van der Waals surface area (Å²) in [5.41, 5.74) is 0.743. The van der Waals surface area contributed by atoms with Gasteiger partial charge in [-0.15, -0.1) is 0 Å². The van der Waals surface area contributed by atoms with E-state index < -0.39 is 5.60 Å². The number of benzene rings is 1. The molecule has 0 fully saturated rings. The first-order valence-electron chi connectivity index (χ1n) is 5.96. The molecule has 15 heavy (non-hydrogen) atoms. The van der Waals surface area contributed by atoms with Crippen LogP contribution in [0.25, 0.3) is 0 Å². The highest BCUT2D eigenvalue weighted by atomic mass is 16.3. The predicted octanol–water partition coefficient (Wildman–Crippen LogP) is 3.56. The first-order valence-corrected chi connectivity index (χ1v) is 5.96. The Hall–Kier alpha value is -0.820. The van der Waals surface area contributed by atoms with Gasteiger partial charge in [-0.3, -0.25) is 0 Å². The smallest absolute Gasteiger partial charge is 0.0687 e. The minimum Gasteiger partial charge on any atom is -0.390 e. The fraction of sp³-hybridized carbons (Fsp3) is 0.571. The number of aliphatic hydroxyl groups is 1. The van der Waals surface area contributed by atoms with E-state index in [1.165, 1.54) is 5.56 Å². The summed E-state index contributed by atoms with van der Waals surface area (Å²) in [6, 6.07) is 10.3. The van der Waals surface area contributed by atoms with Crippen molar-refractivity contribution in [3.8, 4) is 0 Å². The fourth-order valence-corrected chi connectivity index (χ4v) is 2.21. The molecule has 1 rings (SSSR count). The zero-order chi connectivity index (χ0) is 11.1. The topological polar surface area (TPSA) is 20.2 Å². The summed E-state index contributed by atoms with van der Waals surface area (Å²) >= 11 is 0. The third-order valence-corrected chi connectivity index (χ3v) is 2.81. The van der Waals surface area contributed by atoms with Gasteiger partial charge in [-0.1, -0.05) is 57.0 Å². The largest absolute Gasteiger partial charge is 0.390 e. The van der Waals surface area contributed by atoms with Crippen LogP contribution in [-0.4, -0.2) is 10.7 Å². The van der Waals surface area contributed by atoms with Crippen LogP contribution in [0.15, 0.2) is 30.3 Å². The van der Waals surface area contributed by atoms with E-state index in [1.54, 1.807) is 0 Å². The van der Waals surface area contributed by atoms with Crippen LogP contribution in [0.4, 0.5) is 0 Å². The van der Waals surface area contributed by atoms with E-state index in [1.807, 2.05) is 18.2 Å². The van der Waals surface area contributed by atoms with Crippen LogP contribution in [-0.2, 0) is 6.42 Å². The molecule has 0 amide bonds. The number of hydrogen-bond donors (Lipinski definition) is 1. The molecule has 0 aromatic heterocycles. The maximum Gasteiger partial charge on any atom is 0.0687 e. The Morgan fingerprint density at radius 3 is 2.00 bits per heavy atom. The van der Waals surface area contributed by atoms with Crippen molar-refractivity contribution in [2.45, 2.75) is 51.6 Å². The normalized spacial score (nSPS) is 11.7. The van der Waals surface area contributed by atoms with Crippen LogP contribution < -0.4 is 0 Å². The molecule has 0 aliphatic carbocycles. The molecule has 0 aliphatic heterocycles. The van der Waals surface area contributed by atoms with Gasteiger partial charge >= 0.3 is 0 Å². The van der Waals surface area contributed by atoms with Gasteiger partial charge in [0.25, 0.3) is 0 Å². The molecular formula is C14H22O. The van der Waals surface area contributed by atoms with Gasteiger partial charge in [-0.2, -0.15) is 0 Å². The number of rotatable bonds is 6.